The highest BCUT2D eigenvalue weighted by molar-refractivity contribution is 5.78. The van der Waals surface area contributed by atoms with E-state index in [1.165, 1.54) is 0 Å². The SMILES string of the molecule is O=C[C@H]1C[C@H](C(=O)OCc2ccccc2)[C@@H](C=O)C1. The Morgan fingerprint density at radius 3 is 2.53 bits per heavy atom. The van der Waals surface area contributed by atoms with Gasteiger partial charge in [0.2, 0.25) is 0 Å². The Morgan fingerprint density at radius 2 is 1.89 bits per heavy atom. The predicted molar refractivity (Wildman–Crippen MR) is 68.1 cm³/mol. The van der Waals surface area contributed by atoms with Crippen LogP contribution in [0.3, 0.4) is 0 Å². The van der Waals surface area contributed by atoms with Gasteiger partial charge >= 0.3 is 5.97 Å². The van der Waals surface area contributed by atoms with Crippen LogP contribution in [0.1, 0.15) is 18.4 Å². The lowest BCUT2D eigenvalue weighted by Gasteiger charge is -2.13. The van der Waals surface area contributed by atoms with Crippen LogP contribution in [0.25, 0.3) is 0 Å². The summed E-state index contributed by atoms with van der Waals surface area (Å²) in [5.41, 5.74) is 0.906. The first-order chi connectivity index (χ1) is 9.24. The fraction of sp³-hybridized carbons (Fsp3) is 0.400. The molecule has 0 saturated heterocycles. The van der Waals surface area contributed by atoms with Gasteiger partial charge in [-0.3, -0.25) is 4.79 Å². The van der Waals surface area contributed by atoms with Crippen molar-refractivity contribution in [1.82, 2.24) is 0 Å². The number of ether oxygens (including phenoxy) is 1. The summed E-state index contributed by atoms with van der Waals surface area (Å²) < 4.78 is 5.22. The molecule has 3 atom stereocenters. The summed E-state index contributed by atoms with van der Waals surface area (Å²) in [6.07, 6.45) is 2.46. The van der Waals surface area contributed by atoms with E-state index in [-0.39, 0.29) is 18.5 Å². The lowest BCUT2D eigenvalue weighted by atomic mass is 9.98. The van der Waals surface area contributed by atoms with E-state index in [1.807, 2.05) is 30.3 Å². The minimum absolute atomic E-state index is 0.202. The number of aldehydes is 2. The maximum Gasteiger partial charge on any atom is 0.310 e. The third-order valence-corrected chi connectivity index (χ3v) is 3.54. The summed E-state index contributed by atoms with van der Waals surface area (Å²) in [4.78, 5) is 33.6. The first-order valence-corrected chi connectivity index (χ1v) is 6.35. The van der Waals surface area contributed by atoms with Gasteiger partial charge in [0, 0.05) is 11.8 Å². The van der Waals surface area contributed by atoms with Crippen molar-refractivity contribution in [2.75, 3.05) is 0 Å². The molecule has 4 nitrogen and oxygen atoms in total. The van der Waals surface area contributed by atoms with Crippen LogP contribution >= 0.6 is 0 Å². The number of hydrogen-bond donors (Lipinski definition) is 0. The fourth-order valence-electron chi connectivity index (χ4n) is 2.48. The van der Waals surface area contributed by atoms with Gasteiger partial charge in [-0.2, -0.15) is 0 Å². The first-order valence-electron chi connectivity index (χ1n) is 6.35. The third-order valence-electron chi connectivity index (χ3n) is 3.54. The Bertz CT molecular complexity index is 454. The van der Waals surface area contributed by atoms with Crippen LogP contribution in [0.4, 0.5) is 0 Å². The predicted octanol–water partition coefficient (Wildman–Crippen LogP) is 1.77. The van der Waals surface area contributed by atoms with E-state index in [0.717, 1.165) is 18.1 Å². The molecule has 1 aliphatic rings. The number of carbonyl (C=O) groups is 3. The average Bonchev–Trinajstić information content (AvgIpc) is 2.89. The van der Waals surface area contributed by atoms with Crippen LogP contribution in [0.5, 0.6) is 0 Å². The van der Waals surface area contributed by atoms with E-state index in [1.54, 1.807) is 0 Å². The van der Waals surface area contributed by atoms with Crippen LogP contribution in [0.2, 0.25) is 0 Å². The molecule has 0 aromatic heterocycles. The van der Waals surface area contributed by atoms with Gasteiger partial charge in [-0.1, -0.05) is 30.3 Å². The molecule has 2 rings (SSSR count). The van der Waals surface area contributed by atoms with Crippen LogP contribution in [0.15, 0.2) is 30.3 Å². The molecule has 0 unspecified atom stereocenters. The quantitative estimate of drug-likeness (QED) is 0.598. The van der Waals surface area contributed by atoms with Crippen molar-refractivity contribution in [3.63, 3.8) is 0 Å². The Labute approximate surface area is 111 Å². The van der Waals surface area contributed by atoms with Gasteiger partial charge in [-0.15, -0.1) is 0 Å². The molecule has 1 aliphatic carbocycles. The molecule has 1 saturated carbocycles. The summed E-state index contributed by atoms with van der Waals surface area (Å²) in [5, 5.41) is 0. The fourth-order valence-corrected chi connectivity index (χ4v) is 2.48. The first kappa shape index (κ1) is 13.5. The summed E-state index contributed by atoms with van der Waals surface area (Å²) >= 11 is 0. The molecule has 0 amide bonds. The van der Waals surface area contributed by atoms with Gasteiger partial charge < -0.3 is 14.3 Å². The number of esters is 1. The molecular weight excluding hydrogens is 244 g/mol. The topological polar surface area (TPSA) is 60.4 Å². The van der Waals surface area contributed by atoms with Crippen molar-refractivity contribution in [2.24, 2.45) is 17.8 Å². The molecule has 1 aromatic rings. The summed E-state index contributed by atoms with van der Waals surface area (Å²) in [7, 11) is 0. The maximum atomic E-state index is 12.0. The minimum Gasteiger partial charge on any atom is -0.461 e. The standard InChI is InChI=1S/C15H16O4/c16-8-12-6-13(9-17)14(7-12)15(18)19-10-11-4-2-1-3-5-11/h1-5,8-9,12-14H,6-7,10H2/t12-,13-,14+/m1/s1. The molecule has 0 bridgehead atoms. The number of benzene rings is 1. The zero-order valence-electron chi connectivity index (χ0n) is 10.5. The van der Waals surface area contributed by atoms with E-state index in [4.69, 9.17) is 4.74 Å². The van der Waals surface area contributed by atoms with E-state index < -0.39 is 11.8 Å². The highest BCUT2D eigenvalue weighted by Crippen LogP contribution is 2.35. The number of carbonyl (C=O) groups excluding carboxylic acids is 3. The highest BCUT2D eigenvalue weighted by atomic mass is 16.5. The lowest BCUT2D eigenvalue weighted by molar-refractivity contribution is -0.152. The summed E-state index contributed by atoms with van der Waals surface area (Å²) in [5.74, 6) is -1.45. The van der Waals surface area contributed by atoms with Crippen LogP contribution < -0.4 is 0 Å². The van der Waals surface area contributed by atoms with Gasteiger partial charge in [-0.05, 0) is 18.4 Å². The molecule has 0 heterocycles. The molecule has 100 valence electrons. The van der Waals surface area contributed by atoms with E-state index in [0.29, 0.717) is 12.8 Å². The van der Waals surface area contributed by atoms with Crippen LogP contribution in [-0.4, -0.2) is 18.5 Å². The van der Waals surface area contributed by atoms with E-state index in [2.05, 4.69) is 0 Å². The van der Waals surface area contributed by atoms with Crippen molar-refractivity contribution >= 4 is 18.5 Å². The monoisotopic (exact) mass is 260 g/mol. The van der Waals surface area contributed by atoms with Crippen LogP contribution in [0, 0.1) is 17.8 Å². The summed E-state index contributed by atoms with van der Waals surface area (Å²) in [6, 6.07) is 9.37. The van der Waals surface area contributed by atoms with E-state index >= 15 is 0 Å². The Hall–Kier alpha value is -1.97. The highest BCUT2D eigenvalue weighted by Gasteiger charge is 2.39. The molecular formula is C15H16O4. The van der Waals surface area contributed by atoms with Crippen molar-refractivity contribution in [1.29, 1.82) is 0 Å². The molecule has 0 radical (unpaired) electrons. The molecule has 0 N–H and O–H groups in total. The Kier molecular flexibility index (Phi) is 4.44. The largest absolute Gasteiger partial charge is 0.461 e. The van der Waals surface area contributed by atoms with Crippen molar-refractivity contribution in [2.45, 2.75) is 19.4 Å². The van der Waals surface area contributed by atoms with Gasteiger partial charge in [0.25, 0.3) is 0 Å². The smallest absolute Gasteiger partial charge is 0.310 e. The maximum absolute atomic E-state index is 12.0. The Morgan fingerprint density at radius 1 is 1.16 bits per heavy atom. The Balaban J connectivity index is 1.92. The van der Waals surface area contributed by atoms with Crippen molar-refractivity contribution in [3.8, 4) is 0 Å². The second-order valence-electron chi connectivity index (χ2n) is 4.87. The second-order valence-corrected chi connectivity index (χ2v) is 4.87. The van der Waals surface area contributed by atoms with Crippen molar-refractivity contribution < 1.29 is 19.1 Å². The zero-order chi connectivity index (χ0) is 13.7. The summed E-state index contributed by atoms with van der Waals surface area (Å²) in [6.45, 7) is 0.202. The van der Waals surface area contributed by atoms with Crippen molar-refractivity contribution in [3.05, 3.63) is 35.9 Å². The molecule has 0 aliphatic heterocycles. The van der Waals surface area contributed by atoms with Gasteiger partial charge in [0.1, 0.15) is 19.2 Å². The number of rotatable bonds is 5. The normalized spacial score (nSPS) is 25.8. The van der Waals surface area contributed by atoms with Gasteiger partial charge in [-0.25, -0.2) is 0 Å². The molecule has 1 aromatic carbocycles. The minimum atomic E-state index is -0.476. The molecule has 19 heavy (non-hydrogen) atoms. The lowest BCUT2D eigenvalue weighted by Crippen LogP contribution is -2.22. The molecule has 1 fully saturated rings. The average molecular weight is 260 g/mol. The van der Waals surface area contributed by atoms with E-state index in [9.17, 15) is 14.4 Å². The molecule has 4 heteroatoms. The molecule has 0 spiro atoms. The second kappa shape index (κ2) is 6.27. The number of hydrogen-bond acceptors (Lipinski definition) is 4. The van der Waals surface area contributed by atoms with Crippen LogP contribution in [-0.2, 0) is 25.7 Å². The van der Waals surface area contributed by atoms with Gasteiger partial charge in [0.15, 0.2) is 0 Å². The van der Waals surface area contributed by atoms with Gasteiger partial charge in [0.05, 0.1) is 5.92 Å². The zero-order valence-corrected chi connectivity index (χ0v) is 10.5. The third kappa shape index (κ3) is 3.28.